The van der Waals surface area contributed by atoms with E-state index in [2.05, 4.69) is 9.97 Å². The number of amides is 1. The van der Waals surface area contributed by atoms with Crippen molar-refractivity contribution in [1.82, 2.24) is 14.9 Å². The number of hydrogen-bond acceptors (Lipinski definition) is 6. The van der Waals surface area contributed by atoms with Gasteiger partial charge >= 0.3 is 6.09 Å². The van der Waals surface area contributed by atoms with Crippen LogP contribution in [0.25, 0.3) is 10.6 Å². The van der Waals surface area contributed by atoms with E-state index in [1.54, 1.807) is 12.4 Å². The predicted octanol–water partition coefficient (Wildman–Crippen LogP) is 1.59. The normalized spacial score (nSPS) is 15.2. The molecule has 3 rings (SSSR count). The van der Waals surface area contributed by atoms with Crippen molar-refractivity contribution in [2.75, 3.05) is 36.8 Å². The Morgan fingerprint density at radius 1 is 1.29 bits per heavy atom. The predicted molar refractivity (Wildman–Crippen MR) is 81.6 cm³/mol. The number of rotatable bonds is 2. The van der Waals surface area contributed by atoms with Crippen LogP contribution in [0.15, 0.2) is 23.8 Å². The third-order valence-corrected chi connectivity index (χ3v) is 4.34. The van der Waals surface area contributed by atoms with E-state index in [4.69, 9.17) is 10.8 Å². The molecule has 0 bridgehead atoms. The van der Waals surface area contributed by atoms with Gasteiger partial charge in [0.25, 0.3) is 0 Å². The number of nitrogens with two attached hydrogens (primary N) is 1. The Morgan fingerprint density at radius 2 is 2.05 bits per heavy atom. The minimum atomic E-state index is -0.872. The molecule has 0 radical (unpaired) electrons. The van der Waals surface area contributed by atoms with Crippen molar-refractivity contribution in [3.63, 3.8) is 0 Å². The number of anilines is 2. The first-order valence-electron chi connectivity index (χ1n) is 6.53. The first kappa shape index (κ1) is 13.6. The summed E-state index contributed by atoms with van der Waals surface area (Å²) in [6.07, 6.45) is 2.54. The van der Waals surface area contributed by atoms with Crippen molar-refractivity contribution in [2.45, 2.75) is 0 Å². The molecular weight excluding hydrogens is 290 g/mol. The number of hydrogen-bond donors (Lipinski definition) is 2. The summed E-state index contributed by atoms with van der Waals surface area (Å²) in [5.74, 6) is 0.768. The molecule has 1 aliphatic heterocycles. The van der Waals surface area contributed by atoms with Gasteiger partial charge in [0, 0.05) is 37.2 Å². The van der Waals surface area contributed by atoms with Crippen LogP contribution in [0.2, 0.25) is 0 Å². The Bertz CT molecular complexity index is 652. The third kappa shape index (κ3) is 2.89. The van der Waals surface area contributed by atoms with Crippen LogP contribution in [0, 0.1) is 0 Å². The molecule has 1 amide bonds. The van der Waals surface area contributed by atoms with E-state index in [-0.39, 0.29) is 0 Å². The van der Waals surface area contributed by atoms with E-state index in [0.29, 0.717) is 26.2 Å². The Morgan fingerprint density at radius 3 is 2.67 bits per heavy atom. The van der Waals surface area contributed by atoms with Crippen LogP contribution in [-0.4, -0.2) is 52.2 Å². The number of nitrogen functional groups attached to an aromatic ring is 1. The molecule has 110 valence electrons. The van der Waals surface area contributed by atoms with Crippen molar-refractivity contribution in [3.8, 4) is 10.6 Å². The van der Waals surface area contributed by atoms with Crippen LogP contribution in [0.5, 0.6) is 0 Å². The number of nitrogens with zero attached hydrogens (tertiary/aromatic N) is 4. The Balaban J connectivity index is 1.76. The highest BCUT2D eigenvalue weighted by Crippen LogP contribution is 2.27. The first-order chi connectivity index (χ1) is 10.1. The molecule has 1 saturated heterocycles. The standard InChI is InChI=1S/C13H15N5O2S/c14-9-5-11(21-8-9)10-6-15-7-12(16-10)17-1-3-18(4-2-17)13(19)20/h5-8H,1-4,14H2,(H,19,20). The minimum absolute atomic E-state index is 0.479. The molecule has 0 saturated carbocycles. The summed E-state index contributed by atoms with van der Waals surface area (Å²) in [5, 5.41) is 10.8. The zero-order valence-corrected chi connectivity index (χ0v) is 12.1. The van der Waals surface area contributed by atoms with E-state index in [1.807, 2.05) is 16.3 Å². The van der Waals surface area contributed by atoms with Crippen LogP contribution >= 0.6 is 11.3 Å². The van der Waals surface area contributed by atoms with Gasteiger partial charge in [-0.05, 0) is 6.07 Å². The lowest BCUT2D eigenvalue weighted by atomic mass is 10.3. The van der Waals surface area contributed by atoms with Gasteiger partial charge < -0.3 is 20.6 Å². The van der Waals surface area contributed by atoms with E-state index in [9.17, 15) is 4.79 Å². The minimum Gasteiger partial charge on any atom is -0.465 e. The average Bonchev–Trinajstić information content (AvgIpc) is 2.94. The smallest absolute Gasteiger partial charge is 0.407 e. The molecular formula is C13H15N5O2S. The van der Waals surface area contributed by atoms with Crippen molar-refractivity contribution >= 4 is 28.9 Å². The summed E-state index contributed by atoms with van der Waals surface area (Å²) in [4.78, 5) is 24.2. The second-order valence-electron chi connectivity index (χ2n) is 4.76. The number of thiophene rings is 1. The van der Waals surface area contributed by atoms with Crippen LogP contribution in [0.4, 0.5) is 16.3 Å². The highest BCUT2D eigenvalue weighted by atomic mass is 32.1. The summed E-state index contributed by atoms with van der Waals surface area (Å²) in [5.41, 5.74) is 7.24. The average molecular weight is 305 g/mol. The molecule has 2 aromatic heterocycles. The van der Waals surface area contributed by atoms with E-state index >= 15 is 0 Å². The fourth-order valence-corrected chi connectivity index (χ4v) is 2.99. The second kappa shape index (κ2) is 5.57. The van der Waals surface area contributed by atoms with Crippen LogP contribution in [0.1, 0.15) is 0 Å². The maximum absolute atomic E-state index is 10.9. The molecule has 0 unspecified atom stereocenters. The van der Waals surface area contributed by atoms with Gasteiger partial charge in [-0.2, -0.15) is 0 Å². The molecule has 3 N–H and O–H groups in total. The fourth-order valence-electron chi connectivity index (χ4n) is 2.24. The van der Waals surface area contributed by atoms with Crippen LogP contribution in [-0.2, 0) is 0 Å². The summed E-state index contributed by atoms with van der Waals surface area (Å²) in [7, 11) is 0. The SMILES string of the molecule is Nc1csc(-c2cncc(N3CCN(C(=O)O)CC3)n2)c1. The summed E-state index contributed by atoms with van der Waals surface area (Å²) in [6.45, 7) is 2.20. The molecule has 1 fully saturated rings. The highest BCUT2D eigenvalue weighted by Gasteiger charge is 2.21. The van der Waals surface area contributed by atoms with Crippen molar-refractivity contribution in [1.29, 1.82) is 0 Å². The van der Waals surface area contributed by atoms with Crippen molar-refractivity contribution < 1.29 is 9.90 Å². The van der Waals surface area contributed by atoms with Gasteiger partial charge in [0.1, 0.15) is 11.5 Å². The lowest BCUT2D eigenvalue weighted by Crippen LogP contribution is -2.48. The van der Waals surface area contributed by atoms with Crippen molar-refractivity contribution in [2.24, 2.45) is 0 Å². The second-order valence-corrected chi connectivity index (χ2v) is 5.67. The zero-order chi connectivity index (χ0) is 14.8. The van der Waals surface area contributed by atoms with Gasteiger partial charge in [-0.15, -0.1) is 11.3 Å². The maximum Gasteiger partial charge on any atom is 0.407 e. The van der Waals surface area contributed by atoms with Gasteiger partial charge in [0.2, 0.25) is 0 Å². The lowest BCUT2D eigenvalue weighted by Gasteiger charge is -2.33. The van der Waals surface area contributed by atoms with Gasteiger partial charge in [0.15, 0.2) is 0 Å². The molecule has 0 atom stereocenters. The Kier molecular flexibility index (Phi) is 3.61. The molecule has 7 nitrogen and oxygen atoms in total. The van der Waals surface area contributed by atoms with Gasteiger partial charge in [-0.3, -0.25) is 4.98 Å². The first-order valence-corrected chi connectivity index (χ1v) is 7.40. The van der Waals surface area contributed by atoms with Gasteiger partial charge in [-0.25, -0.2) is 9.78 Å². The largest absolute Gasteiger partial charge is 0.465 e. The zero-order valence-electron chi connectivity index (χ0n) is 11.3. The number of carboxylic acid groups (broad SMARTS) is 1. The molecule has 8 heteroatoms. The molecule has 1 aliphatic rings. The van der Waals surface area contributed by atoms with Gasteiger partial charge in [0.05, 0.1) is 17.3 Å². The fraction of sp³-hybridized carbons (Fsp3) is 0.308. The topological polar surface area (TPSA) is 95.6 Å². The quantitative estimate of drug-likeness (QED) is 0.874. The molecule has 2 aromatic rings. The van der Waals surface area contributed by atoms with Crippen molar-refractivity contribution in [3.05, 3.63) is 23.8 Å². The van der Waals surface area contributed by atoms with E-state index in [1.165, 1.54) is 16.2 Å². The molecule has 21 heavy (non-hydrogen) atoms. The van der Waals surface area contributed by atoms with Gasteiger partial charge in [-0.1, -0.05) is 0 Å². The van der Waals surface area contributed by atoms with Crippen LogP contribution in [0.3, 0.4) is 0 Å². The molecule has 0 aliphatic carbocycles. The van der Waals surface area contributed by atoms with E-state index in [0.717, 1.165) is 22.1 Å². The molecule has 3 heterocycles. The summed E-state index contributed by atoms with van der Waals surface area (Å²) < 4.78 is 0. The van der Waals surface area contributed by atoms with E-state index < -0.39 is 6.09 Å². The molecule has 0 spiro atoms. The van der Waals surface area contributed by atoms with Crippen LogP contribution < -0.4 is 10.6 Å². The third-order valence-electron chi connectivity index (χ3n) is 3.37. The summed E-state index contributed by atoms with van der Waals surface area (Å²) >= 11 is 1.53. The highest BCUT2D eigenvalue weighted by molar-refractivity contribution is 7.14. The number of carbonyl (C=O) groups is 1. The lowest BCUT2D eigenvalue weighted by molar-refractivity contribution is 0.142. The summed E-state index contributed by atoms with van der Waals surface area (Å²) in [6, 6.07) is 1.88. The molecule has 0 aromatic carbocycles. The Labute approximate surface area is 125 Å². The number of piperazine rings is 1. The number of aromatic nitrogens is 2. The monoisotopic (exact) mass is 305 g/mol. The maximum atomic E-state index is 10.9. The Hall–Kier alpha value is -2.35.